The Labute approximate surface area is 144 Å². The number of nitrogens with one attached hydrogen (secondary N) is 3. The zero-order valence-electron chi connectivity index (χ0n) is 13.7. The van der Waals surface area contributed by atoms with Crippen molar-refractivity contribution in [2.45, 2.75) is 13.5 Å². The van der Waals surface area contributed by atoms with Gasteiger partial charge in [-0.25, -0.2) is 4.98 Å². The minimum Gasteiger partial charge on any atom is -0.359 e. The van der Waals surface area contributed by atoms with Crippen molar-refractivity contribution in [1.29, 1.82) is 0 Å². The third-order valence-corrected chi connectivity index (χ3v) is 4.12. The molecule has 0 atom stereocenters. The molecular formula is C19H17N5O. The van der Waals surface area contributed by atoms with Gasteiger partial charge in [0.15, 0.2) is 5.65 Å². The Balaban J connectivity index is 1.50. The number of carbonyl (C=O) groups excluding carboxylic acids is 1. The Hall–Kier alpha value is -3.41. The summed E-state index contributed by atoms with van der Waals surface area (Å²) >= 11 is 0. The van der Waals surface area contributed by atoms with Crippen LogP contribution < -0.4 is 5.32 Å². The average molecular weight is 331 g/mol. The van der Waals surface area contributed by atoms with E-state index < -0.39 is 0 Å². The van der Waals surface area contributed by atoms with Crippen LogP contribution in [0, 0.1) is 6.92 Å². The second-order valence-electron chi connectivity index (χ2n) is 5.94. The van der Waals surface area contributed by atoms with Crippen molar-refractivity contribution < 1.29 is 4.79 Å². The molecule has 1 aromatic carbocycles. The van der Waals surface area contributed by atoms with Crippen LogP contribution in [0.3, 0.4) is 0 Å². The molecule has 0 radical (unpaired) electrons. The van der Waals surface area contributed by atoms with Gasteiger partial charge in [-0.05, 0) is 30.7 Å². The van der Waals surface area contributed by atoms with Crippen molar-refractivity contribution in [3.8, 4) is 11.4 Å². The Morgan fingerprint density at radius 2 is 2.04 bits per heavy atom. The number of aromatic nitrogens is 4. The van der Waals surface area contributed by atoms with E-state index >= 15 is 0 Å². The lowest BCUT2D eigenvalue weighted by molar-refractivity contribution is 0.0951. The van der Waals surface area contributed by atoms with E-state index in [1.54, 1.807) is 12.4 Å². The molecule has 3 N–H and O–H groups in total. The second kappa shape index (κ2) is 6.24. The molecular weight excluding hydrogens is 314 g/mol. The van der Waals surface area contributed by atoms with Crippen LogP contribution in [0.25, 0.3) is 22.4 Å². The Kier molecular flexibility index (Phi) is 3.78. The molecule has 3 aromatic heterocycles. The molecule has 0 saturated carbocycles. The van der Waals surface area contributed by atoms with Crippen molar-refractivity contribution in [3.63, 3.8) is 0 Å². The summed E-state index contributed by atoms with van der Waals surface area (Å²) in [7, 11) is 0. The number of pyridine rings is 1. The molecule has 0 unspecified atom stereocenters. The van der Waals surface area contributed by atoms with Crippen LogP contribution in [-0.2, 0) is 6.54 Å². The summed E-state index contributed by atoms with van der Waals surface area (Å²) in [6.45, 7) is 2.54. The average Bonchev–Trinajstić information content (AvgIpc) is 3.27. The van der Waals surface area contributed by atoms with Gasteiger partial charge in [-0.2, -0.15) is 5.10 Å². The fourth-order valence-corrected chi connectivity index (χ4v) is 2.72. The number of aryl methyl sites for hydroxylation is 1. The van der Waals surface area contributed by atoms with Gasteiger partial charge in [0, 0.05) is 24.3 Å². The number of carbonyl (C=O) groups is 1. The topological polar surface area (TPSA) is 86.5 Å². The highest BCUT2D eigenvalue weighted by Gasteiger charge is 2.13. The zero-order chi connectivity index (χ0) is 17.2. The fraction of sp³-hybridized carbons (Fsp3) is 0.105. The van der Waals surface area contributed by atoms with Crippen LogP contribution in [0.4, 0.5) is 0 Å². The summed E-state index contributed by atoms with van der Waals surface area (Å²) in [5.74, 6) is -0.120. The number of benzene rings is 1. The van der Waals surface area contributed by atoms with E-state index in [2.05, 4.69) is 25.5 Å². The van der Waals surface area contributed by atoms with Crippen LogP contribution in [-0.4, -0.2) is 26.1 Å². The maximum atomic E-state index is 12.4. The molecule has 0 fully saturated rings. The van der Waals surface area contributed by atoms with Crippen LogP contribution in [0.5, 0.6) is 0 Å². The minimum absolute atomic E-state index is 0.120. The van der Waals surface area contributed by atoms with Crippen molar-refractivity contribution in [2.24, 2.45) is 0 Å². The molecule has 0 aliphatic heterocycles. The first kappa shape index (κ1) is 15.1. The van der Waals surface area contributed by atoms with E-state index in [0.717, 1.165) is 22.3 Å². The molecule has 0 spiro atoms. The third-order valence-electron chi connectivity index (χ3n) is 4.12. The molecule has 25 heavy (non-hydrogen) atoms. The molecule has 3 heterocycles. The number of hydrogen-bond donors (Lipinski definition) is 3. The summed E-state index contributed by atoms with van der Waals surface area (Å²) in [5, 5.41) is 11.0. The first-order chi connectivity index (χ1) is 12.2. The standard InChI is InChI=1S/C19H17N5O/c1-12-4-6-13(7-5-12)10-22-19(25)14-9-16(21-11-14)17-15-3-2-8-20-18(15)24-23-17/h2-9,11,21H,10H2,1H3,(H,22,25)(H,20,23,24). The molecule has 0 bridgehead atoms. The van der Waals surface area contributed by atoms with Crippen LogP contribution in [0.1, 0.15) is 21.5 Å². The van der Waals surface area contributed by atoms with Crippen LogP contribution >= 0.6 is 0 Å². The third kappa shape index (κ3) is 3.01. The summed E-state index contributed by atoms with van der Waals surface area (Å²) in [5.41, 5.74) is 5.12. The second-order valence-corrected chi connectivity index (χ2v) is 5.94. The summed E-state index contributed by atoms with van der Waals surface area (Å²) in [4.78, 5) is 19.7. The fourth-order valence-electron chi connectivity index (χ4n) is 2.72. The molecule has 4 aromatic rings. The van der Waals surface area contributed by atoms with Gasteiger partial charge in [-0.3, -0.25) is 9.89 Å². The van der Waals surface area contributed by atoms with Crippen molar-refractivity contribution >= 4 is 16.9 Å². The molecule has 1 amide bonds. The first-order valence-electron chi connectivity index (χ1n) is 8.02. The predicted octanol–water partition coefficient (Wildman–Crippen LogP) is 3.19. The van der Waals surface area contributed by atoms with E-state index in [-0.39, 0.29) is 5.91 Å². The molecule has 6 nitrogen and oxygen atoms in total. The highest BCUT2D eigenvalue weighted by Crippen LogP contribution is 2.24. The monoisotopic (exact) mass is 331 g/mol. The molecule has 124 valence electrons. The van der Waals surface area contributed by atoms with E-state index in [0.29, 0.717) is 17.8 Å². The van der Waals surface area contributed by atoms with Gasteiger partial charge < -0.3 is 10.3 Å². The zero-order valence-corrected chi connectivity index (χ0v) is 13.7. The van der Waals surface area contributed by atoms with E-state index in [9.17, 15) is 4.79 Å². The summed E-state index contributed by atoms with van der Waals surface area (Å²) in [6.07, 6.45) is 3.40. The van der Waals surface area contributed by atoms with E-state index in [1.165, 1.54) is 5.56 Å². The first-order valence-corrected chi connectivity index (χ1v) is 8.02. The molecule has 4 rings (SSSR count). The van der Waals surface area contributed by atoms with Gasteiger partial charge in [-0.1, -0.05) is 29.8 Å². The lowest BCUT2D eigenvalue weighted by Gasteiger charge is -2.04. The maximum absolute atomic E-state index is 12.4. The van der Waals surface area contributed by atoms with Gasteiger partial charge in [0.25, 0.3) is 5.91 Å². The maximum Gasteiger partial charge on any atom is 0.253 e. The number of fused-ring (bicyclic) bond motifs is 1. The van der Waals surface area contributed by atoms with Crippen molar-refractivity contribution in [1.82, 2.24) is 25.5 Å². The van der Waals surface area contributed by atoms with E-state index in [4.69, 9.17) is 0 Å². The molecule has 6 heteroatoms. The van der Waals surface area contributed by atoms with Crippen molar-refractivity contribution in [2.75, 3.05) is 0 Å². The van der Waals surface area contributed by atoms with Crippen LogP contribution in [0.2, 0.25) is 0 Å². The lowest BCUT2D eigenvalue weighted by atomic mass is 10.1. The summed E-state index contributed by atoms with van der Waals surface area (Å²) in [6, 6.07) is 13.7. The quantitative estimate of drug-likeness (QED) is 0.537. The van der Waals surface area contributed by atoms with Gasteiger partial charge in [0.2, 0.25) is 0 Å². The van der Waals surface area contributed by atoms with Gasteiger partial charge in [0.1, 0.15) is 0 Å². The van der Waals surface area contributed by atoms with Gasteiger partial charge in [-0.15, -0.1) is 0 Å². The Bertz CT molecular complexity index is 1030. The lowest BCUT2D eigenvalue weighted by Crippen LogP contribution is -2.22. The Morgan fingerprint density at radius 3 is 2.88 bits per heavy atom. The van der Waals surface area contributed by atoms with Gasteiger partial charge in [0.05, 0.1) is 17.0 Å². The number of aromatic amines is 2. The Morgan fingerprint density at radius 1 is 1.20 bits per heavy atom. The normalized spacial score (nSPS) is 10.9. The number of nitrogens with zero attached hydrogens (tertiary/aromatic N) is 2. The molecule has 0 aliphatic rings. The number of hydrogen-bond acceptors (Lipinski definition) is 3. The number of rotatable bonds is 4. The summed E-state index contributed by atoms with van der Waals surface area (Å²) < 4.78 is 0. The minimum atomic E-state index is -0.120. The largest absolute Gasteiger partial charge is 0.359 e. The molecule has 0 saturated heterocycles. The number of amides is 1. The number of H-pyrrole nitrogens is 2. The highest BCUT2D eigenvalue weighted by atomic mass is 16.1. The smallest absolute Gasteiger partial charge is 0.253 e. The predicted molar refractivity (Wildman–Crippen MR) is 96.0 cm³/mol. The molecule has 0 aliphatic carbocycles. The SMILES string of the molecule is Cc1ccc(CNC(=O)c2c[nH]c(-c3[nH]nc4ncccc34)c2)cc1. The highest BCUT2D eigenvalue weighted by molar-refractivity contribution is 5.97. The van der Waals surface area contributed by atoms with Crippen molar-refractivity contribution in [3.05, 3.63) is 71.5 Å². The van der Waals surface area contributed by atoms with E-state index in [1.807, 2.05) is 49.4 Å². The van der Waals surface area contributed by atoms with Crippen LogP contribution in [0.15, 0.2) is 54.9 Å². The van der Waals surface area contributed by atoms with Gasteiger partial charge >= 0.3 is 0 Å².